The highest BCUT2D eigenvalue weighted by atomic mass is 14.7. The van der Waals surface area contributed by atoms with Crippen molar-refractivity contribution >= 4 is 0 Å². The third-order valence-corrected chi connectivity index (χ3v) is 12.6. The standard InChI is InChI=1S/C27H48/c1-17-19(3)26(15)22(7,8)18(2)20(4)27(16,21(17,5)6)25(13,14)23(9,10)24(26,11)12/h1-16H3. The van der Waals surface area contributed by atoms with Gasteiger partial charge in [0.25, 0.3) is 0 Å². The van der Waals surface area contributed by atoms with Crippen molar-refractivity contribution < 1.29 is 0 Å². The number of rotatable bonds is 0. The van der Waals surface area contributed by atoms with Crippen LogP contribution in [0.3, 0.4) is 0 Å². The van der Waals surface area contributed by atoms with Gasteiger partial charge < -0.3 is 0 Å². The van der Waals surface area contributed by atoms with Crippen LogP contribution in [0.2, 0.25) is 0 Å². The Morgan fingerprint density at radius 1 is 0.333 bits per heavy atom. The zero-order valence-corrected chi connectivity index (χ0v) is 21.5. The van der Waals surface area contributed by atoms with Crippen LogP contribution in [-0.4, -0.2) is 0 Å². The number of hydrogen-bond acceptors (Lipinski definition) is 0. The van der Waals surface area contributed by atoms with Crippen molar-refractivity contribution in [2.75, 3.05) is 0 Å². The van der Waals surface area contributed by atoms with E-state index in [-0.39, 0.29) is 37.9 Å². The third kappa shape index (κ3) is 1.92. The molecule has 0 heteroatoms. The molecule has 2 bridgehead atoms. The highest BCUT2D eigenvalue weighted by molar-refractivity contribution is 5.45. The summed E-state index contributed by atoms with van der Waals surface area (Å²) in [4.78, 5) is 0. The van der Waals surface area contributed by atoms with E-state index in [2.05, 4.69) is 111 Å². The molecule has 2 unspecified atom stereocenters. The van der Waals surface area contributed by atoms with Crippen LogP contribution < -0.4 is 0 Å². The second kappa shape index (κ2) is 5.34. The van der Waals surface area contributed by atoms with E-state index in [0.717, 1.165) is 0 Å². The maximum absolute atomic E-state index is 2.57. The molecule has 0 N–H and O–H groups in total. The topological polar surface area (TPSA) is 0 Å². The van der Waals surface area contributed by atoms with Crippen molar-refractivity contribution in [3.63, 3.8) is 0 Å². The van der Waals surface area contributed by atoms with Crippen LogP contribution in [-0.2, 0) is 0 Å². The van der Waals surface area contributed by atoms with Crippen LogP contribution in [0.5, 0.6) is 0 Å². The minimum atomic E-state index is 0.0647. The zero-order chi connectivity index (χ0) is 21.8. The summed E-state index contributed by atoms with van der Waals surface area (Å²) in [6, 6.07) is 0. The van der Waals surface area contributed by atoms with E-state index in [1.54, 1.807) is 22.3 Å². The summed E-state index contributed by atoms with van der Waals surface area (Å²) in [5.74, 6) is 0. The first kappa shape index (κ1) is 22.8. The normalized spacial score (nSPS) is 39.1. The summed E-state index contributed by atoms with van der Waals surface area (Å²) >= 11 is 0. The minimum Gasteiger partial charge on any atom is -0.0673 e. The molecule has 156 valence electrons. The second-order valence-electron chi connectivity index (χ2n) is 12.9. The fourth-order valence-electron chi connectivity index (χ4n) is 7.91. The van der Waals surface area contributed by atoms with Crippen LogP contribution in [0, 0.1) is 37.9 Å². The van der Waals surface area contributed by atoms with Crippen molar-refractivity contribution in [3.8, 4) is 0 Å². The van der Waals surface area contributed by atoms with E-state index < -0.39 is 0 Å². The van der Waals surface area contributed by atoms with E-state index in [0.29, 0.717) is 0 Å². The molecule has 0 nitrogen and oxygen atoms in total. The quantitative estimate of drug-likeness (QED) is 0.372. The smallest absolute Gasteiger partial charge is 0.00283 e. The van der Waals surface area contributed by atoms with Crippen molar-refractivity contribution in [2.24, 2.45) is 37.9 Å². The van der Waals surface area contributed by atoms with Crippen molar-refractivity contribution in [1.82, 2.24) is 0 Å². The molecule has 2 atom stereocenters. The molecule has 0 heterocycles. The molecule has 3 rings (SSSR count). The number of fused-ring (bicyclic) bond motifs is 4. The highest BCUT2D eigenvalue weighted by Gasteiger charge is 2.71. The molecule has 0 saturated heterocycles. The van der Waals surface area contributed by atoms with Gasteiger partial charge in [-0.1, -0.05) is 105 Å². The average molecular weight is 373 g/mol. The molecule has 3 aliphatic rings. The van der Waals surface area contributed by atoms with Gasteiger partial charge in [0.15, 0.2) is 0 Å². The van der Waals surface area contributed by atoms with Crippen LogP contribution in [0.25, 0.3) is 0 Å². The molecule has 0 fully saturated rings. The van der Waals surface area contributed by atoms with E-state index >= 15 is 0 Å². The first-order valence-electron chi connectivity index (χ1n) is 11.0. The molecule has 3 aliphatic carbocycles. The van der Waals surface area contributed by atoms with Crippen molar-refractivity contribution in [3.05, 3.63) is 22.3 Å². The molecule has 0 radical (unpaired) electrons. The summed E-state index contributed by atoms with van der Waals surface area (Å²) in [5, 5.41) is 0. The summed E-state index contributed by atoms with van der Waals surface area (Å²) in [6.07, 6.45) is 0. The summed E-state index contributed by atoms with van der Waals surface area (Å²) in [6.45, 7) is 40.3. The predicted octanol–water partition coefficient (Wildman–Crippen LogP) is 8.83. The van der Waals surface area contributed by atoms with Gasteiger partial charge in [-0.05, 0) is 54.8 Å². The molecular formula is C27H48. The Morgan fingerprint density at radius 2 is 0.556 bits per heavy atom. The Labute approximate surface area is 171 Å². The summed E-state index contributed by atoms with van der Waals surface area (Å²) in [5.41, 5.74) is 7.14. The molecule has 0 saturated carbocycles. The van der Waals surface area contributed by atoms with E-state index in [4.69, 9.17) is 0 Å². The predicted molar refractivity (Wildman–Crippen MR) is 122 cm³/mol. The van der Waals surface area contributed by atoms with Gasteiger partial charge in [0.05, 0.1) is 0 Å². The van der Waals surface area contributed by atoms with E-state index in [1.165, 1.54) is 0 Å². The summed E-state index contributed by atoms with van der Waals surface area (Å²) in [7, 11) is 0. The van der Waals surface area contributed by atoms with Gasteiger partial charge in [0.1, 0.15) is 0 Å². The first-order valence-corrected chi connectivity index (χ1v) is 11.0. The molecule has 0 aliphatic heterocycles. The van der Waals surface area contributed by atoms with Crippen LogP contribution in [0.1, 0.15) is 111 Å². The Kier molecular flexibility index (Phi) is 4.50. The molecule has 0 aromatic rings. The van der Waals surface area contributed by atoms with Crippen LogP contribution in [0.15, 0.2) is 22.3 Å². The maximum atomic E-state index is 2.57. The molecule has 0 aromatic carbocycles. The van der Waals surface area contributed by atoms with Gasteiger partial charge in [-0.25, -0.2) is 0 Å². The SMILES string of the molecule is CC1=C(C)C2(C)C(C)(C)C(C)=C(C)C(C)(C1(C)C)C(C)(C)C(C)(C)C2(C)C. The molecule has 0 aromatic heterocycles. The lowest BCUT2D eigenvalue weighted by Crippen LogP contribution is -2.67. The lowest BCUT2D eigenvalue weighted by atomic mass is 9.29. The summed E-state index contributed by atoms with van der Waals surface area (Å²) < 4.78 is 0. The molecule has 0 amide bonds. The van der Waals surface area contributed by atoms with Gasteiger partial charge >= 0.3 is 0 Å². The Hall–Kier alpha value is -0.520. The first-order chi connectivity index (χ1) is 11.6. The fourth-order valence-corrected chi connectivity index (χ4v) is 7.91. The van der Waals surface area contributed by atoms with Crippen LogP contribution >= 0.6 is 0 Å². The largest absolute Gasteiger partial charge is 0.0673 e. The highest BCUT2D eigenvalue weighted by Crippen LogP contribution is 2.78. The molecule has 27 heavy (non-hydrogen) atoms. The molecule has 0 spiro atoms. The van der Waals surface area contributed by atoms with Crippen molar-refractivity contribution in [1.29, 1.82) is 0 Å². The van der Waals surface area contributed by atoms with Gasteiger partial charge in [-0.3, -0.25) is 0 Å². The Bertz CT molecular complexity index is 670. The van der Waals surface area contributed by atoms with E-state index in [1.807, 2.05) is 0 Å². The maximum Gasteiger partial charge on any atom is 0.00283 e. The van der Waals surface area contributed by atoms with Gasteiger partial charge in [0.2, 0.25) is 0 Å². The second-order valence-corrected chi connectivity index (χ2v) is 12.9. The minimum absolute atomic E-state index is 0.0647. The average Bonchev–Trinajstić information content (AvgIpc) is 2.54. The Morgan fingerprint density at radius 3 is 0.778 bits per heavy atom. The lowest BCUT2D eigenvalue weighted by molar-refractivity contribution is -0.191. The fraction of sp³-hybridized carbons (Fsp3) is 0.852. The van der Waals surface area contributed by atoms with Crippen LogP contribution in [0.4, 0.5) is 0 Å². The number of hydrogen-bond donors (Lipinski definition) is 0. The van der Waals surface area contributed by atoms with Gasteiger partial charge in [-0.2, -0.15) is 0 Å². The number of allylic oxidation sites excluding steroid dienone is 4. The Balaban J connectivity index is 3.36. The van der Waals surface area contributed by atoms with E-state index in [9.17, 15) is 0 Å². The monoisotopic (exact) mass is 372 g/mol. The van der Waals surface area contributed by atoms with Gasteiger partial charge in [0, 0.05) is 10.8 Å². The third-order valence-electron chi connectivity index (χ3n) is 12.6. The lowest BCUT2D eigenvalue weighted by Gasteiger charge is -2.74. The van der Waals surface area contributed by atoms with Gasteiger partial charge in [-0.15, -0.1) is 0 Å². The molecular weight excluding hydrogens is 324 g/mol. The zero-order valence-electron chi connectivity index (χ0n) is 21.5. The van der Waals surface area contributed by atoms with Crippen molar-refractivity contribution in [2.45, 2.75) is 111 Å².